The summed E-state index contributed by atoms with van der Waals surface area (Å²) in [5.41, 5.74) is 5.89. The summed E-state index contributed by atoms with van der Waals surface area (Å²) in [6.45, 7) is 3.52. The molecule has 0 fully saturated rings. The van der Waals surface area contributed by atoms with Gasteiger partial charge in [-0.25, -0.2) is 9.97 Å². The molecule has 6 heteroatoms. The predicted octanol–water partition coefficient (Wildman–Crippen LogP) is 2.03. The van der Waals surface area contributed by atoms with E-state index in [1.165, 1.54) is 4.88 Å². The molecule has 0 saturated heterocycles. The second kappa shape index (κ2) is 6.79. The molecular formula is C13H20N4OS. The Morgan fingerprint density at radius 3 is 3.05 bits per heavy atom. The van der Waals surface area contributed by atoms with Gasteiger partial charge in [-0.3, -0.25) is 0 Å². The highest BCUT2D eigenvalue weighted by Crippen LogP contribution is 2.28. The van der Waals surface area contributed by atoms with Gasteiger partial charge in [-0.05, 0) is 18.9 Å². The fraction of sp³-hybridized carbons (Fsp3) is 0.538. The third-order valence-corrected chi connectivity index (χ3v) is 4.10. The molecule has 0 amide bonds. The number of nitrogens with two attached hydrogens (primary N) is 1. The first-order valence-electron chi connectivity index (χ1n) is 6.46. The van der Waals surface area contributed by atoms with E-state index in [4.69, 9.17) is 10.5 Å². The molecule has 0 aliphatic heterocycles. The summed E-state index contributed by atoms with van der Waals surface area (Å²) < 4.78 is 5.02. The maximum Gasteiger partial charge on any atom is 0.138 e. The van der Waals surface area contributed by atoms with E-state index in [1.54, 1.807) is 24.8 Å². The quantitative estimate of drug-likeness (QED) is 0.812. The SMILES string of the molecule is CCc1cc2c(NCCC(N)COC)ncnc2s1. The third-order valence-electron chi connectivity index (χ3n) is 2.92. The summed E-state index contributed by atoms with van der Waals surface area (Å²) in [6, 6.07) is 2.22. The molecule has 104 valence electrons. The number of ether oxygens (including phenoxy) is 1. The minimum Gasteiger partial charge on any atom is -0.383 e. The number of nitrogens with zero attached hydrogens (tertiary/aromatic N) is 2. The van der Waals surface area contributed by atoms with Gasteiger partial charge < -0.3 is 15.8 Å². The molecule has 3 N–H and O–H groups in total. The molecule has 1 atom stereocenters. The minimum atomic E-state index is 0.0588. The predicted molar refractivity (Wildman–Crippen MR) is 79.8 cm³/mol. The minimum absolute atomic E-state index is 0.0588. The molecule has 0 aromatic carbocycles. The molecule has 0 bridgehead atoms. The molecule has 5 nitrogen and oxygen atoms in total. The second-order valence-corrected chi connectivity index (χ2v) is 5.55. The Balaban J connectivity index is 2.02. The zero-order chi connectivity index (χ0) is 13.7. The highest BCUT2D eigenvalue weighted by atomic mass is 32.1. The van der Waals surface area contributed by atoms with Crippen molar-refractivity contribution in [1.82, 2.24) is 9.97 Å². The van der Waals surface area contributed by atoms with E-state index in [1.807, 2.05) is 0 Å². The molecule has 2 aromatic rings. The van der Waals surface area contributed by atoms with E-state index in [2.05, 4.69) is 28.3 Å². The number of methoxy groups -OCH3 is 1. The molecule has 1 unspecified atom stereocenters. The molecule has 0 aliphatic carbocycles. The summed E-state index contributed by atoms with van der Waals surface area (Å²) in [4.78, 5) is 11.0. The Labute approximate surface area is 117 Å². The van der Waals surface area contributed by atoms with Gasteiger partial charge >= 0.3 is 0 Å². The molecule has 19 heavy (non-hydrogen) atoms. The van der Waals surface area contributed by atoms with Crippen molar-refractivity contribution >= 4 is 27.4 Å². The Morgan fingerprint density at radius 1 is 1.47 bits per heavy atom. The zero-order valence-electron chi connectivity index (χ0n) is 11.3. The van der Waals surface area contributed by atoms with Crippen LogP contribution in [-0.2, 0) is 11.2 Å². The van der Waals surface area contributed by atoms with Gasteiger partial charge in [0.1, 0.15) is 17.0 Å². The molecule has 0 radical (unpaired) electrons. The number of hydrogen-bond acceptors (Lipinski definition) is 6. The number of aryl methyl sites for hydroxylation is 1. The normalized spacial score (nSPS) is 12.8. The molecule has 2 heterocycles. The molecule has 0 spiro atoms. The van der Waals surface area contributed by atoms with E-state index in [0.29, 0.717) is 6.61 Å². The van der Waals surface area contributed by atoms with Crippen molar-refractivity contribution in [2.24, 2.45) is 5.73 Å². The number of nitrogens with one attached hydrogen (secondary N) is 1. The summed E-state index contributed by atoms with van der Waals surface area (Å²) in [5, 5.41) is 4.44. The van der Waals surface area contributed by atoms with Crippen LogP contribution in [0.2, 0.25) is 0 Å². The fourth-order valence-corrected chi connectivity index (χ4v) is 2.83. The first-order chi connectivity index (χ1) is 9.24. The zero-order valence-corrected chi connectivity index (χ0v) is 12.2. The number of hydrogen-bond donors (Lipinski definition) is 2. The summed E-state index contributed by atoms with van der Waals surface area (Å²) in [6.07, 6.45) is 3.49. The lowest BCUT2D eigenvalue weighted by molar-refractivity contribution is 0.178. The largest absolute Gasteiger partial charge is 0.383 e. The Hall–Kier alpha value is -1.24. The van der Waals surface area contributed by atoms with Gasteiger partial charge in [0.15, 0.2) is 0 Å². The van der Waals surface area contributed by atoms with Gasteiger partial charge in [0.2, 0.25) is 0 Å². The third kappa shape index (κ3) is 3.62. The highest BCUT2D eigenvalue weighted by molar-refractivity contribution is 7.18. The van der Waals surface area contributed by atoms with Gasteiger partial charge in [0.25, 0.3) is 0 Å². The van der Waals surface area contributed by atoms with Crippen LogP contribution < -0.4 is 11.1 Å². The van der Waals surface area contributed by atoms with Crippen molar-refractivity contribution in [2.75, 3.05) is 25.6 Å². The van der Waals surface area contributed by atoms with Crippen LogP contribution in [0.15, 0.2) is 12.4 Å². The van der Waals surface area contributed by atoms with Crippen molar-refractivity contribution in [1.29, 1.82) is 0 Å². The molecule has 0 aliphatic rings. The molecule has 2 aromatic heterocycles. The van der Waals surface area contributed by atoms with Crippen LogP contribution in [0.4, 0.5) is 5.82 Å². The van der Waals surface area contributed by atoms with Crippen molar-refractivity contribution in [2.45, 2.75) is 25.8 Å². The van der Waals surface area contributed by atoms with E-state index < -0.39 is 0 Å². The number of thiophene rings is 1. The first-order valence-corrected chi connectivity index (χ1v) is 7.28. The standard InChI is InChI=1S/C13H20N4OS/c1-3-10-6-11-12(16-8-17-13(11)19-10)15-5-4-9(14)7-18-2/h6,8-9H,3-5,7,14H2,1-2H3,(H,15,16,17). The summed E-state index contributed by atoms with van der Waals surface area (Å²) in [5.74, 6) is 0.894. The van der Waals surface area contributed by atoms with E-state index in [0.717, 1.165) is 35.4 Å². The molecule has 2 rings (SSSR count). The van der Waals surface area contributed by atoms with Gasteiger partial charge in [-0.1, -0.05) is 6.92 Å². The summed E-state index contributed by atoms with van der Waals surface area (Å²) >= 11 is 1.72. The number of aromatic nitrogens is 2. The molecule has 0 saturated carbocycles. The monoisotopic (exact) mass is 280 g/mol. The van der Waals surface area contributed by atoms with Crippen LogP contribution in [0.3, 0.4) is 0 Å². The maximum absolute atomic E-state index is 5.89. The van der Waals surface area contributed by atoms with E-state index in [9.17, 15) is 0 Å². The topological polar surface area (TPSA) is 73.1 Å². The van der Waals surface area contributed by atoms with E-state index >= 15 is 0 Å². The second-order valence-electron chi connectivity index (χ2n) is 4.44. The molecular weight excluding hydrogens is 260 g/mol. The van der Waals surface area contributed by atoms with Crippen molar-refractivity contribution < 1.29 is 4.74 Å². The average Bonchev–Trinajstić information content (AvgIpc) is 2.83. The fourth-order valence-electron chi connectivity index (χ4n) is 1.89. The maximum atomic E-state index is 5.89. The number of rotatable bonds is 7. The average molecular weight is 280 g/mol. The van der Waals surface area contributed by atoms with Gasteiger partial charge in [-0.2, -0.15) is 0 Å². The Morgan fingerprint density at radius 2 is 2.32 bits per heavy atom. The van der Waals surface area contributed by atoms with Crippen LogP contribution in [-0.4, -0.2) is 36.3 Å². The van der Waals surface area contributed by atoms with Crippen molar-refractivity contribution in [3.8, 4) is 0 Å². The lowest BCUT2D eigenvalue weighted by Crippen LogP contribution is -2.28. The first kappa shape index (κ1) is 14.2. The van der Waals surface area contributed by atoms with Gasteiger partial charge in [-0.15, -0.1) is 11.3 Å². The van der Waals surface area contributed by atoms with E-state index in [-0.39, 0.29) is 6.04 Å². The Kier molecular flexibility index (Phi) is 5.07. The smallest absolute Gasteiger partial charge is 0.138 e. The van der Waals surface area contributed by atoms with Crippen molar-refractivity contribution in [3.63, 3.8) is 0 Å². The number of anilines is 1. The van der Waals surface area contributed by atoms with Gasteiger partial charge in [0, 0.05) is 24.6 Å². The van der Waals surface area contributed by atoms with Crippen molar-refractivity contribution in [3.05, 3.63) is 17.3 Å². The summed E-state index contributed by atoms with van der Waals surface area (Å²) in [7, 11) is 1.67. The lowest BCUT2D eigenvalue weighted by Gasteiger charge is -2.11. The van der Waals surface area contributed by atoms with Crippen LogP contribution in [0.25, 0.3) is 10.2 Å². The lowest BCUT2D eigenvalue weighted by atomic mass is 10.2. The van der Waals surface area contributed by atoms with Crippen LogP contribution in [0, 0.1) is 0 Å². The highest BCUT2D eigenvalue weighted by Gasteiger charge is 2.08. The Bertz CT molecular complexity index is 528. The van der Waals surface area contributed by atoms with Crippen LogP contribution >= 0.6 is 11.3 Å². The van der Waals surface area contributed by atoms with Gasteiger partial charge in [0.05, 0.1) is 12.0 Å². The number of fused-ring (bicyclic) bond motifs is 1. The van der Waals surface area contributed by atoms with Crippen LogP contribution in [0.5, 0.6) is 0 Å². The van der Waals surface area contributed by atoms with Crippen LogP contribution in [0.1, 0.15) is 18.2 Å².